The molecule has 3 rings (SSSR count). The Kier molecular flexibility index (Phi) is 4.84. The van der Waals surface area contributed by atoms with Crippen LogP contribution in [0, 0.1) is 6.92 Å². The van der Waals surface area contributed by atoms with E-state index < -0.39 is 0 Å². The number of ketones is 1. The average Bonchev–Trinajstić information content (AvgIpc) is 2.97. The van der Waals surface area contributed by atoms with Gasteiger partial charge in [-0.15, -0.1) is 0 Å². The summed E-state index contributed by atoms with van der Waals surface area (Å²) in [7, 11) is 0. The Labute approximate surface area is 143 Å². The van der Waals surface area contributed by atoms with Gasteiger partial charge in [0.15, 0.2) is 12.3 Å². The summed E-state index contributed by atoms with van der Waals surface area (Å²) in [4.78, 5) is 12.7. The molecule has 4 nitrogen and oxygen atoms in total. The van der Waals surface area contributed by atoms with Gasteiger partial charge in [-0.1, -0.05) is 6.92 Å². The Bertz CT molecular complexity index is 769. The third-order valence-electron chi connectivity index (χ3n) is 4.63. The van der Waals surface area contributed by atoms with Crippen LogP contribution in [0.3, 0.4) is 0 Å². The second kappa shape index (κ2) is 7.04. The quantitative estimate of drug-likeness (QED) is 0.603. The van der Waals surface area contributed by atoms with Crippen LogP contribution in [0.5, 0.6) is 5.75 Å². The van der Waals surface area contributed by atoms with E-state index in [9.17, 15) is 4.79 Å². The number of nitrogens with zero attached hydrogens (tertiary/aromatic N) is 2. The van der Waals surface area contributed by atoms with E-state index in [1.807, 2.05) is 31.2 Å². The summed E-state index contributed by atoms with van der Waals surface area (Å²) in [6.45, 7) is 9.13. The molecular weight excluding hydrogens is 300 g/mol. The lowest BCUT2D eigenvalue weighted by molar-refractivity contribution is -0.519. The molecule has 0 saturated heterocycles. The van der Waals surface area contributed by atoms with Crippen LogP contribution in [-0.4, -0.2) is 40.3 Å². The zero-order valence-corrected chi connectivity index (χ0v) is 14.7. The minimum atomic E-state index is 0.153. The number of carbonyl (C=O) groups is 1. The summed E-state index contributed by atoms with van der Waals surface area (Å²) in [6, 6.07) is 11.8. The van der Waals surface area contributed by atoms with Crippen molar-refractivity contribution < 1.29 is 14.1 Å². The number of benzene rings is 1. The minimum Gasteiger partial charge on any atom is -0.494 e. The Morgan fingerprint density at radius 1 is 1.17 bits per heavy atom. The van der Waals surface area contributed by atoms with Gasteiger partial charge in [0.25, 0.3) is 0 Å². The Hall–Kier alpha value is -2.36. The van der Waals surface area contributed by atoms with Crippen LogP contribution in [-0.2, 0) is 6.54 Å². The Morgan fingerprint density at radius 3 is 2.58 bits per heavy atom. The first kappa shape index (κ1) is 16.5. The molecule has 0 amide bonds. The summed E-state index contributed by atoms with van der Waals surface area (Å²) in [5, 5.41) is 0. The molecule has 0 atom stereocenters. The van der Waals surface area contributed by atoms with Gasteiger partial charge in [-0.25, -0.2) is 4.58 Å². The maximum Gasteiger partial charge on any atom is 0.227 e. The fourth-order valence-corrected chi connectivity index (χ4v) is 3.38. The predicted molar refractivity (Wildman–Crippen MR) is 95.5 cm³/mol. The second-order valence-electron chi connectivity index (χ2n) is 6.11. The molecule has 0 unspecified atom stereocenters. The van der Waals surface area contributed by atoms with Gasteiger partial charge in [-0.3, -0.25) is 4.79 Å². The number of hydrogen-bond donors (Lipinski definition) is 0. The summed E-state index contributed by atoms with van der Waals surface area (Å²) in [5.41, 5.74) is 4.54. The lowest BCUT2D eigenvalue weighted by Crippen LogP contribution is -2.36. The van der Waals surface area contributed by atoms with Crippen molar-refractivity contribution in [3.05, 3.63) is 53.3 Å². The maximum atomic E-state index is 12.7. The highest BCUT2D eigenvalue weighted by molar-refractivity contribution is 5.99. The molecule has 1 aliphatic rings. The van der Waals surface area contributed by atoms with Gasteiger partial charge < -0.3 is 9.30 Å². The molecule has 0 spiro atoms. The number of carbonyl (C=O) groups excluding carboxylic acids is 1. The zero-order chi connectivity index (χ0) is 17.1. The molecule has 0 N–H and O–H groups in total. The smallest absolute Gasteiger partial charge is 0.227 e. The van der Waals surface area contributed by atoms with E-state index in [0.717, 1.165) is 30.8 Å². The van der Waals surface area contributed by atoms with Gasteiger partial charge in [0.1, 0.15) is 11.4 Å². The van der Waals surface area contributed by atoms with Crippen molar-refractivity contribution in [1.82, 2.24) is 4.57 Å². The molecule has 0 radical (unpaired) electrons. The van der Waals surface area contributed by atoms with Crippen LogP contribution < -0.4 is 4.74 Å². The van der Waals surface area contributed by atoms with Gasteiger partial charge in [0, 0.05) is 17.7 Å². The molecule has 1 aliphatic heterocycles. The molecule has 1 aromatic carbocycles. The summed E-state index contributed by atoms with van der Waals surface area (Å²) >= 11 is 0. The number of Topliss-reactive ketones (excluding diaryl/α,β-unsaturated/α-hetero) is 1. The molecule has 2 aromatic rings. The highest BCUT2D eigenvalue weighted by Gasteiger charge is 2.27. The third-order valence-corrected chi connectivity index (χ3v) is 4.63. The number of aryl methyl sites for hydroxylation is 1. The SMILES string of the molecule is CCOc1ccc(C(=O)C[N+]2=C(CC)c3ccc(C)n3CC2)cc1. The van der Waals surface area contributed by atoms with Crippen molar-refractivity contribution in [3.8, 4) is 5.75 Å². The Morgan fingerprint density at radius 2 is 1.92 bits per heavy atom. The maximum absolute atomic E-state index is 12.7. The van der Waals surface area contributed by atoms with E-state index in [1.165, 1.54) is 17.1 Å². The van der Waals surface area contributed by atoms with Gasteiger partial charge in [0.2, 0.25) is 12.3 Å². The molecule has 0 fully saturated rings. The number of rotatable bonds is 6. The molecule has 4 heteroatoms. The van der Waals surface area contributed by atoms with Crippen LogP contribution in [0.15, 0.2) is 36.4 Å². The highest BCUT2D eigenvalue weighted by atomic mass is 16.5. The van der Waals surface area contributed by atoms with E-state index in [2.05, 4.69) is 35.1 Å². The second-order valence-corrected chi connectivity index (χ2v) is 6.11. The van der Waals surface area contributed by atoms with Crippen molar-refractivity contribution in [2.45, 2.75) is 33.7 Å². The van der Waals surface area contributed by atoms with E-state index in [1.54, 1.807) is 0 Å². The van der Waals surface area contributed by atoms with Crippen LogP contribution >= 0.6 is 0 Å². The fraction of sp³-hybridized carbons (Fsp3) is 0.400. The normalized spacial score (nSPS) is 13.8. The summed E-state index contributed by atoms with van der Waals surface area (Å²) < 4.78 is 10.0. The van der Waals surface area contributed by atoms with Crippen molar-refractivity contribution in [1.29, 1.82) is 0 Å². The summed E-state index contributed by atoms with van der Waals surface area (Å²) in [6.07, 6.45) is 0.931. The number of aromatic nitrogens is 1. The predicted octanol–water partition coefficient (Wildman–Crippen LogP) is 3.30. The number of hydrogen-bond acceptors (Lipinski definition) is 2. The summed E-state index contributed by atoms with van der Waals surface area (Å²) in [5.74, 6) is 0.960. The molecule has 0 saturated carbocycles. The van der Waals surface area contributed by atoms with E-state index in [0.29, 0.717) is 13.2 Å². The third kappa shape index (κ3) is 3.14. The number of fused-ring (bicyclic) bond motifs is 1. The van der Waals surface area contributed by atoms with E-state index in [-0.39, 0.29) is 5.78 Å². The van der Waals surface area contributed by atoms with E-state index >= 15 is 0 Å². The monoisotopic (exact) mass is 325 g/mol. The fourth-order valence-electron chi connectivity index (χ4n) is 3.38. The molecule has 2 heterocycles. The molecule has 1 aromatic heterocycles. The topological polar surface area (TPSA) is 34.2 Å². The molecule has 24 heavy (non-hydrogen) atoms. The molecule has 126 valence electrons. The average molecular weight is 325 g/mol. The van der Waals surface area contributed by atoms with Crippen LogP contribution in [0.2, 0.25) is 0 Å². The van der Waals surface area contributed by atoms with Gasteiger partial charge in [-0.05, 0) is 50.2 Å². The first-order valence-electron chi connectivity index (χ1n) is 8.67. The highest BCUT2D eigenvalue weighted by Crippen LogP contribution is 2.17. The van der Waals surface area contributed by atoms with Crippen molar-refractivity contribution >= 4 is 11.5 Å². The number of ether oxygens (including phenoxy) is 1. The Balaban J connectivity index is 1.81. The van der Waals surface area contributed by atoms with Crippen LogP contribution in [0.4, 0.5) is 0 Å². The van der Waals surface area contributed by atoms with Crippen molar-refractivity contribution in [2.24, 2.45) is 0 Å². The first-order chi connectivity index (χ1) is 11.6. The van der Waals surface area contributed by atoms with Gasteiger partial charge in [0.05, 0.1) is 13.2 Å². The lowest BCUT2D eigenvalue weighted by Gasteiger charge is -2.18. The minimum absolute atomic E-state index is 0.153. The lowest BCUT2D eigenvalue weighted by atomic mass is 10.1. The zero-order valence-electron chi connectivity index (χ0n) is 14.7. The van der Waals surface area contributed by atoms with Crippen molar-refractivity contribution in [2.75, 3.05) is 19.7 Å². The van der Waals surface area contributed by atoms with Gasteiger partial charge in [-0.2, -0.15) is 0 Å². The first-order valence-corrected chi connectivity index (χ1v) is 8.67. The standard InChI is InChI=1S/C20H25N2O2/c1-4-18-19-11-6-15(3)22(19)13-12-21(18)14-20(23)16-7-9-17(10-8-16)24-5-2/h6-11H,4-5,12-14H2,1-3H3/q+1. The van der Waals surface area contributed by atoms with Crippen LogP contribution in [0.25, 0.3) is 0 Å². The van der Waals surface area contributed by atoms with Gasteiger partial charge >= 0.3 is 0 Å². The largest absolute Gasteiger partial charge is 0.494 e. The van der Waals surface area contributed by atoms with Crippen molar-refractivity contribution in [3.63, 3.8) is 0 Å². The van der Waals surface area contributed by atoms with Crippen LogP contribution in [0.1, 0.15) is 42.0 Å². The molecule has 0 aliphatic carbocycles. The van der Waals surface area contributed by atoms with E-state index in [4.69, 9.17) is 4.74 Å². The molecular formula is C20H25N2O2+. The molecule has 0 bridgehead atoms.